The molecule has 0 unspecified atom stereocenters. The number of carbonyl (C=O) groups is 2. The van der Waals surface area contributed by atoms with Crippen LogP contribution in [0.2, 0.25) is 10.0 Å². The lowest BCUT2D eigenvalue weighted by atomic mass is 10.0. The number of methoxy groups -OCH3 is 2. The normalized spacial score (nSPS) is 16.9. The molecule has 0 bridgehead atoms. The summed E-state index contributed by atoms with van der Waals surface area (Å²) in [5.74, 6) is 1.01. The van der Waals surface area contributed by atoms with Crippen LogP contribution in [0.1, 0.15) is 13.3 Å². The van der Waals surface area contributed by atoms with E-state index in [1.165, 1.54) is 27.2 Å². The molecule has 9 nitrogen and oxygen atoms in total. The number of hydrogen-bond acceptors (Lipinski definition) is 7. The number of ether oxygens (including phenoxy) is 2. The van der Waals surface area contributed by atoms with Gasteiger partial charge in [0.05, 0.1) is 35.8 Å². The van der Waals surface area contributed by atoms with E-state index >= 15 is 0 Å². The molecule has 2 N–H and O–H groups in total. The predicted octanol–water partition coefficient (Wildman–Crippen LogP) is 4.32. The number of benzene rings is 2. The summed E-state index contributed by atoms with van der Waals surface area (Å²) >= 11 is 13.2. The van der Waals surface area contributed by atoms with Crippen LogP contribution in [-0.2, 0) is 9.59 Å². The lowest BCUT2D eigenvalue weighted by molar-refractivity contribution is -0.127. The van der Waals surface area contributed by atoms with Crippen LogP contribution in [0.5, 0.6) is 11.5 Å². The fourth-order valence-corrected chi connectivity index (χ4v) is 5.16. The molecule has 1 aliphatic heterocycles. The second-order valence-corrected chi connectivity index (χ2v) is 9.37. The topological polar surface area (TPSA) is 106 Å². The average Bonchev–Trinajstić information content (AvgIpc) is 3.29. The molecule has 1 fully saturated rings. The molecule has 1 saturated heterocycles. The van der Waals surface area contributed by atoms with E-state index in [0.717, 1.165) is 16.5 Å². The Hall–Kier alpha value is -3.56. The van der Waals surface area contributed by atoms with E-state index in [4.69, 9.17) is 32.7 Å². The molecule has 2 heterocycles. The molecule has 2 amide bonds. The maximum atomic E-state index is 12.3. The predicted molar refractivity (Wildman–Crippen MR) is 145 cm³/mol. The first kappa shape index (κ1) is 26.5. The van der Waals surface area contributed by atoms with Gasteiger partial charge in [0.15, 0.2) is 0 Å². The van der Waals surface area contributed by atoms with Crippen LogP contribution < -0.4 is 20.1 Å². The van der Waals surface area contributed by atoms with Gasteiger partial charge < -0.3 is 25.0 Å². The van der Waals surface area contributed by atoms with E-state index in [1.54, 1.807) is 17.2 Å². The fourth-order valence-electron chi connectivity index (χ4n) is 4.44. The zero-order valence-corrected chi connectivity index (χ0v) is 22.2. The third-order valence-corrected chi connectivity index (χ3v) is 6.98. The van der Waals surface area contributed by atoms with Crippen LogP contribution in [0.25, 0.3) is 22.0 Å². The Morgan fingerprint density at radius 1 is 1.19 bits per heavy atom. The number of amides is 2. The number of likely N-dealkylation sites (tertiary alicyclic amines) is 1. The first-order chi connectivity index (χ1) is 17.7. The van der Waals surface area contributed by atoms with Crippen molar-refractivity contribution in [1.29, 1.82) is 0 Å². The SMILES string of the molecule is C=CC(=O)N1C[C@@H](Nc2ncc3cc(-c4c(Cl)c(OC)cc(OC)c4Cl)ccc3n2)C[C@H]1CNC(C)=O. The maximum absolute atomic E-state index is 12.3. The van der Waals surface area contributed by atoms with E-state index in [-0.39, 0.29) is 23.9 Å². The highest BCUT2D eigenvalue weighted by molar-refractivity contribution is 6.41. The Bertz CT molecular complexity index is 1340. The van der Waals surface area contributed by atoms with Crippen molar-refractivity contribution in [3.8, 4) is 22.6 Å². The second kappa shape index (κ2) is 11.2. The van der Waals surface area contributed by atoms with Crippen molar-refractivity contribution < 1.29 is 19.1 Å². The maximum Gasteiger partial charge on any atom is 0.246 e. The molecule has 3 aromatic rings. The Morgan fingerprint density at radius 2 is 1.89 bits per heavy atom. The van der Waals surface area contributed by atoms with Gasteiger partial charge in [-0.15, -0.1) is 0 Å². The van der Waals surface area contributed by atoms with Gasteiger partial charge in [0.2, 0.25) is 17.8 Å². The second-order valence-electron chi connectivity index (χ2n) is 8.61. The van der Waals surface area contributed by atoms with Gasteiger partial charge in [0.25, 0.3) is 0 Å². The lowest BCUT2D eigenvalue weighted by Crippen LogP contribution is -2.42. The highest BCUT2D eigenvalue weighted by Crippen LogP contribution is 2.46. The molecule has 0 saturated carbocycles. The molecular weight excluding hydrogens is 517 g/mol. The summed E-state index contributed by atoms with van der Waals surface area (Å²) in [7, 11) is 3.06. The first-order valence-corrected chi connectivity index (χ1v) is 12.3. The van der Waals surface area contributed by atoms with E-state index in [0.29, 0.717) is 52.6 Å². The summed E-state index contributed by atoms with van der Waals surface area (Å²) in [5.41, 5.74) is 2.07. The number of carbonyl (C=O) groups excluding carboxylic acids is 2. The third kappa shape index (κ3) is 5.57. The van der Waals surface area contributed by atoms with Crippen LogP contribution in [0.4, 0.5) is 5.95 Å². The van der Waals surface area contributed by atoms with Gasteiger partial charge in [0, 0.05) is 49.3 Å². The summed E-state index contributed by atoms with van der Waals surface area (Å²) in [4.78, 5) is 34.5. The van der Waals surface area contributed by atoms with Gasteiger partial charge in [0.1, 0.15) is 11.5 Å². The summed E-state index contributed by atoms with van der Waals surface area (Å²) in [6.45, 7) is 5.85. The molecule has 1 aliphatic rings. The average molecular weight is 544 g/mol. The van der Waals surface area contributed by atoms with Crippen molar-refractivity contribution in [2.24, 2.45) is 0 Å². The quantitative estimate of drug-likeness (QED) is 0.407. The first-order valence-electron chi connectivity index (χ1n) is 11.6. The van der Waals surface area contributed by atoms with Crippen LogP contribution >= 0.6 is 23.2 Å². The molecule has 0 spiro atoms. The van der Waals surface area contributed by atoms with Crippen molar-refractivity contribution in [1.82, 2.24) is 20.2 Å². The van der Waals surface area contributed by atoms with Crippen LogP contribution in [0, 0.1) is 0 Å². The van der Waals surface area contributed by atoms with Crippen LogP contribution in [0.15, 0.2) is 43.1 Å². The van der Waals surface area contributed by atoms with Gasteiger partial charge >= 0.3 is 0 Å². The van der Waals surface area contributed by atoms with Gasteiger partial charge in [-0.2, -0.15) is 0 Å². The van der Waals surface area contributed by atoms with Gasteiger partial charge in [-0.25, -0.2) is 9.97 Å². The van der Waals surface area contributed by atoms with Crippen molar-refractivity contribution in [2.75, 3.05) is 32.6 Å². The van der Waals surface area contributed by atoms with Gasteiger partial charge in [-0.1, -0.05) is 35.8 Å². The molecule has 194 valence electrons. The minimum absolute atomic E-state index is 0.0822. The minimum Gasteiger partial charge on any atom is -0.495 e. The van der Waals surface area contributed by atoms with Gasteiger partial charge in [-0.05, 0) is 30.2 Å². The number of halogens is 2. The summed E-state index contributed by atoms with van der Waals surface area (Å²) in [6, 6.07) is 7.04. The Balaban J connectivity index is 1.58. The standard InChI is InChI=1S/C26H27Cl2N5O4/c1-5-22(35)33-13-17(9-18(33)12-29-14(2)34)31-26-30-11-16-8-15(6-7-19(16)32-26)23-24(27)20(36-3)10-21(37-4)25(23)28/h5-8,10-11,17-18H,1,9,12-13H2,2-4H3,(H,29,34)(H,30,31,32)/t17-,18-/m0/s1. The Labute approximate surface area is 224 Å². The zero-order valence-electron chi connectivity index (χ0n) is 20.7. The number of aromatic nitrogens is 2. The molecule has 2 aromatic carbocycles. The van der Waals surface area contributed by atoms with Crippen LogP contribution in [0.3, 0.4) is 0 Å². The van der Waals surface area contributed by atoms with E-state index < -0.39 is 0 Å². The molecular formula is C26H27Cl2N5O4. The molecule has 11 heteroatoms. The highest BCUT2D eigenvalue weighted by atomic mass is 35.5. The van der Waals surface area contributed by atoms with E-state index in [1.807, 2.05) is 18.2 Å². The molecule has 2 atom stereocenters. The van der Waals surface area contributed by atoms with Crippen molar-refractivity contribution >= 4 is 51.9 Å². The molecule has 0 radical (unpaired) electrons. The van der Waals surface area contributed by atoms with E-state index in [9.17, 15) is 9.59 Å². The van der Waals surface area contributed by atoms with Gasteiger partial charge in [-0.3, -0.25) is 9.59 Å². The summed E-state index contributed by atoms with van der Waals surface area (Å²) in [6.07, 6.45) is 3.63. The largest absolute Gasteiger partial charge is 0.495 e. The molecule has 0 aliphatic carbocycles. The zero-order chi connectivity index (χ0) is 26.7. The summed E-state index contributed by atoms with van der Waals surface area (Å²) in [5, 5.41) is 7.64. The summed E-state index contributed by atoms with van der Waals surface area (Å²) < 4.78 is 10.8. The number of hydrogen-bond donors (Lipinski definition) is 2. The minimum atomic E-state index is -0.182. The molecule has 37 heavy (non-hydrogen) atoms. The monoisotopic (exact) mass is 543 g/mol. The number of nitrogens with zero attached hydrogens (tertiary/aromatic N) is 3. The number of rotatable bonds is 8. The van der Waals surface area contributed by atoms with Crippen molar-refractivity contribution in [3.05, 3.63) is 53.2 Å². The molecule has 4 rings (SSSR count). The Morgan fingerprint density at radius 3 is 2.51 bits per heavy atom. The lowest BCUT2D eigenvalue weighted by Gasteiger charge is -2.23. The van der Waals surface area contributed by atoms with E-state index in [2.05, 4.69) is 27.2 Å². The van der Waals surface area contributed by atoms with Crippen LogP contribution in [-0.4, -0.2) is 66.1 Å². The fraction of sp³-hybridized carbons (Fsp3) is 0.308. The molecule has 1 aromatic heterocycles. The number of nitrogens with one attached hydrogen (secondary N) is 2. The third-order valence-electron chi connectivity index (χ3n) is 6.23. The number of fused-ring (bicyclic) bond motifs is 1. The highest BCUT2D eigenvalue weighted by Gasteiger charge is 2.34. The smallest absolute Gasteiger partial charge is 0.246 e. The van der Waals surface area contributed by atoms with Crippen molar-refractivity contribution in [2.45, 2.75) is 25.4 Å². The Kier molecular flexibility index (Phi) is 8.04. The van der Waals surface area contributed by atoms with Crippen molar-refractivity contribution in [3.63, 3.8) is 0 Å². The number of anilines is 1.